The molecule has 2 heterocycles. The van der Waals surface area contributed by atoms with E-state index in [2.05, 4.69) is 48.4 Å². The van der Waals surface area contributed by atoms with Crippen LogP contribution in [0.3, 0.4) is 0 Å². The minimum absolute atomic E-state index is 0.170. The Morgan fingerprint density at radius 3 is 2.72 bits per heavy atom. The summed E-state index contributed by atoms with van der Waals surface area (Å²) in [6, 6.07) is 8.24. The molecule has 1 aliphatic rings. The van der Waals surface area contributed by atoms with Crippen LogP contribution in [0.2, 0.25) is 0 Å². The summed E-state index contributed by atoms with van der Waals surface area (Å²) in [5, 5.41) is 7.37. The lowest BCUT2D eigenvalue weighted by molar-refractivity contribution is 0.00800. The minimum atomic E-state index is -3.10. The molecule has 130 valence electrons. The van der Waals surface area contributed by atoms with Crippen molar-refractivity contribution in [3.63, 3.8) is 0 Å². The summed E-state index contributed by atoms with van der Waals surface area (Å²) in [7, 11) is 0. The zero-order valence-corrected chi connectivity index (χ0v) is 15.3. The van der Waals surface area contributed by atoms with Gasteiger partial charge < -0.3 is 5.32 Å². The molecule has 1 atom stereocenters. The standard InChI is InChI=1S/C17H16BrF2N5/c1-9-5-14(25-16(21-9)23-15(24-25)17(2,19)20)22-13-7-10-3-4-12(18)6-11(10)8-13/h3-6,13,22H,7-8H2,1-2H3. The first kappa shape index (κ1) is 16.4. The summed E-state index contributed by atoms with van der Waals surface area (Å²) in [4.78, 5) is 8.08. The largest absolute Gasteiger partial charge is 0.366 e. The van der Waals surface area contributed by atoms with Crippen LogP contribution in [-0.2, 0) is 18.8 Å². The summed E-state index contributed by atoms with van der Waals surface area (Å²) < 4.78 is 29.5. The topological polar surface area (TPSA) is 55.1 Å². The van der Waals surface area contributed by atoms with Crippen molar-refractivity contribution < 1.29 is 8.78 Å². The molecule has 25 heavy (non-hydrogen) atoms. The van der Waals surface area contributed by atoms with E-state index in [9.17, 15) is 8.78 Å². The lowest BCUT2D eigenvalue weighted by Gasteiger charge is -2.14. The van der Waals surface area contributed by atoms with Crippen LogP contribution in [0.25, 0.3) is 5.78 Å². The van der Waals surface area contributed by atoms with E-state index >= 15 is 0 Å². The zero-order valence-electron chi connectivity index (χ0n) is 13.7. The first-order chi connectivity index (χ1) is 11.8. The Morgan fingerprint density at radius 2 is 1.96 bits per heavy atom. The molecule has 0 saturated carbocycles. The Bertz CT molecular complexity index is 964. The third kappa shape index (κ3) is 3.10. The van der Waals surface area contributed by atoms with Crippen molar-refractivity contribution in [1.82, 2.24) is 19.6 Å². The van der Waals surface area contributed by atoms with E-state index < -0.39 is 11.7 Å². The van der Waals surface area contributed by atoms with Gasteiger partial charge in [-0.2, -0.15) is 18.3 Å². The average molecular weight is 408 g/mol. The number of alkyl halides is 2. The van der Waals surface area contributed by atoms with Gasteiger partial charge in [0.25, 0.3) is 5.78 Å². The second kappa shape index (κ2) is 5.72. The Balaban J connectivity index is 1.67. The number of rotatable bonds is 3. The maximum Gasteiger partial charge on any atom is 0.305 e. The fraction of sp³-hybridized carbons (Fsp3) is 0.353. The molecular weight excluding hydrogens is 392 g/mol. The third-order valence-corrected chi connectivity index (χ3v) is 4.78. The van der Waals surface area contributed by atoms with Crippen molar-refractivity contribution in [2.45, 2.75) is 38.7 Å². The lowest BCUT2D eigenvalue weighted by atomic mass is 10.1. The van der Waals surface area contributed by atoms with Crippen molar-refractivity contribution in [1.29, 1.82) is 0 Å². The first-order valence-electron chi connectivity index (χ1n) is 7.96. The molecule has 1 unspecified atom stereocenters. The van der Waals surface area contributed by atoms with Crippen LogP contribution in [0.1, 0.15) is 29.6 Å². The van der Waals surface area contributed by atoms with E-state index in [0.717, 1.165) is 24.2 Å². The second-order valence-corrected chi connectivity index (χ2v) is 7.40. The van der Waals surface area contributed by atoms with E-state index in [1.165, 1.54) is 15.6 Å². The summed E-state index contributed by atoms with van der Waals surface area (Å²) in [6.07, 6.45) is 1.74. The van der Waals surface area contributed by atoms with Crippen molar-refractivity contribution in [3.05, 3.63) is 51.4 Å². The fourth-order valence-electron chi connectivity index (χ4n) is 3.17. The molecule has 0 spiro atoms. The molecule has 0 saturated heterocycles. The molecule has 5 nitrogen and oxygen atoms in total. The van der Waals surface area contributed by atoms with Gasteiger partial charge in [0.15, 0.2) is 0 Å². The fourth-order valence-corrected chi connectivity index (χ4v) is 3.58. The summed E-state index contributed by atoms with van der Waals surface area (Å²) in [5.74, 6) is -2.82. The molecule has 0 aliphatic heterocycles. The second-order valence-electron chi connectivity index (χ2n) is 6.48. The van der Waals surface area contributed by atoms with E-state index in [1.807, 2.05) is 13.0 Å². The van der Waals surface area contributed by atoms with Gasteiger partial charge in [0.05, 0.1) is 0 Å². The molecule has 2 aromatic heterocycles. The van der Waals surface area contributed by atoms with Crippen LogP contribution in [0, 0.1) is 6.92 Å². The van der Waals surface area contributed by atoms with E-state index in [1.54, 1.807) is 6.07 Å². The Morgan fingerprint density at radius 1 is 1.20 bits per heavy atom. The predicted octanol–water partition coefficient (Wildman–Crippen LogP) is 3.89. The van der Waals surface area contributed by atoms with Crippen molar-refractivity contribution >= 4 is 27.5 Å². The number of benzene rings is 1. The highest BCUT2D eigenvalue weighted by Crippen LogP contribution is 2.28. The number of aryl methyl sites for hydroxylation is 1. The van der Waals surface area contributed by atoms with Gasteiger partial charge in [-0.25, -0.2) is 4.98 Å². The predicted molar refractivity (Wildman–Crippen MR) is 94.0 cm³/mol. The SMILES string of the molecule is Cc1cc(NC2Cc3ccc(Br)cc3C2)n2nc(C(C)(F)F)nc2n1. The molecule has 8 heteroatoms. The average Bonchev–Trinajstić information content (AvgIpc) is 3.09. The molecule has 0 fully saturated rings. The van der Waals surface area contributed by atoms with Crippen molar-refractivity contribution in [2.24, 2.45) is 0 Å². The van der Waals surface area contributed by atoms with Gasteiger partial charge >= 0.3 is 5.92 Å². The molecule has 3 aromatic rings. The maximum absolute atomic E-state index is 13.6. The number of hydrogen-bond donors (Lipinski definition) is 1. The van der Waals surface area contributed by atoms with Crippen LogP contribution in [-0.4, -0.2) is 25.6 Å². The smallest absolute Gasteiger partial charge is 0.305 e. The monoisotopic (exact) mass is 407 g/mol. The van der Waals surface area contributed by atoms with Crippen LogP contribution >= 0.6 is 15.9 Å². The quantitative estimate of drug-likeness (QED) is 0.715. The maximum atomic E-state index is 13.6. The highest BCUT2D eigenvalue weighted by molar-refractivity contribution is 9.10. The molecule has 1 aromatic carbocycles. The van der Waals surface area contributed by atoms with Crippen molar-refractivity contribution in [3.8, 4) is 0 Å². The normalized spacial score (nSPS) is 17.1. The third-order valence-electron chi connectivity index (χ3n) is 4.29. The number of aromatic nitrogens is 4. The van der Waals surface area contributed by atoms with E-state index in [-0.39, 0.29) is 11.8 Å². The van der Waals surface area contributed by atoms with Crippen molar-refractivity contribution in [2.75, 3.05) is 5.32 Å². The number of nitrogens with one attached hydrogen (secondary N) is 1. The molecule has 1 aliphatic carbocycles. The van der Waals surface area contributed by atoms with Crippen LogP contribution < -0.4 is 5.32 Å². The van der Waals surface area contributed by atoms with E-state index in [0.29, 0.717) is 11.5 Å². The zero-order chi connectivity index (χ0) is 17.8. The van der Waals surface area contributed by atoms with Crippen LogP contribution in [0.15, 0.2) is 28.7 Å². The van der Waals surface area contributed by atoms with E-state index in [4.69, 9.17) is 0 Å². The highest BCUT2D eigenvalue weighted by Gasteiger charge is 2.31. The van der Waals surface area contributed by atoms with Gasteiger partial charge in [-0.3, -0.25) is 0 Å². The van der Waals surface area contributed by atoms with Crippen LogP contribution in [0.4, 0.5) is 14.6 Å². The van der Waals surface area contributed by atoms with Gasteiger partial charge in [0, 0.05) is 29.2 Å². The molecule has 0 amide bonds. The number of halogens is 3. The Kier molecular flexibility index (Phi) is 3.75. The van der Waals surface area contributed by atoms with Gasteiger partial charge in [0.2, 0.25) is 5.82 Å². The first-order valence-corrected chi connectivity index (χ1v) is 8.75. The summed E-state index contributed by atoms with van der Waals surface area (Å²) >= 11 is 3.49. The molecule has 4 rings (SSSR count). The molecule has 1 N–H and O–H groups in total. The van der Waals surface area contributed by atoms with Crippen LogP contribution in [0.5, 0.6) is 0 Å². The summed E-state index contributed by atoms with van der Waals surface area (Å²) in [6.45, 7) is 2.59. The Labute approximate surface area is 151 Å². The summed E-state index contributed by atoms with van der Waals surface area (Å²) in [5.41, 5.74) is 3.28. The highest BCUT2D eigenvalue weighted by atomic mass is 79.9. The number of fused-ring (bicyclic) bond motifs is 2. The minimum Gasteiger partial charge on any atom is -0.366 e. The van der Waals surface area contributed by atoms with Gasteiger partial charge in [0.1, 0.15) is 5.82 Å². The molecule has 0 bridgehead atoms. The number of hydrogen-bond acceptors (Lipinski definition) is 4. The van der Waals surface area contributed by atoms with Gasteiger partial charge in [-0.1, -0.05) is 22.0 Å². The molecular formula is C17H16BrF2N5. The van der Waals surface area contributed by atoms with Gasteiger partial charge in [-0.05, 0) is 43.0 Å². The number of anilines is 1. The Hall–Kier alpha value is -2.09. The number of nitrogens with zero attached hydrogens (tertiary/aromatic N) is 4. The van der Waals surface area contributed by atoms with Gasteiger partial charge in [-0.15, -0.1) is 5.10 Å². The lowest BCUT2D eigenvalue weighted by Crippen LogP contribution is -2.22. The molecule has 0 radical (unpaired) electrons.